The number of hydrogen-bond donors (Lipinski definition) is 1. The molecule has 1 aromatic rings. The van der Waals surface area contributed by atoms with Gasteiger partial charge in [0.25, 0.3) is 0 Å². The third kappa shape index (κ3) is 2.99. The van der Waals surface area contributed by atoms with E-state index < -0.39 is 29.8 Å². The van der Waals surface area contributed by atoms with Gasteiger partial charge in [-0.25, -0.2) is 9.59 Å². The van der Waals surface area contributed by atoms with Crippen LogP contribution in [0, 0.1) is 0 Å². The first kappa shape index (κ1) is 16.1. The van der Waals surface area contributed by atoms with Crippen molar-refractivity contribution in [3.63, 3.8) is 0 Å². The maximum atomic E-state index is 12.7. The van der Waals surface area contributed by atoms with E-state index in [1.165, 1.54) is 17.1 Å². The van der Waals surface area contributed by atoms with Crippen LogP contribution in [0.5, 0.6) is 5.75 Å². The number of aliphatic carboxylic acids is 1. The van der Waals surface area contributed by atoms with E-state index in [1.807, 2.05) is 6.07 Å². The summed E-state index contributed by atoms with van der Waals surface area (Å²) in [7, 11) is 0. The number of ether oxygens (including phenoxy) is 2. The van der Waals surface area contributed by atoms with Gasteiger partial charge in [0, 0.05) is 0 Å². The minimum Gasteiger partial charge on any atom is -0.482 e. The minimum absolute atomic E-state index is 0.139. The third-order valence-corrected chi connectivity index (χ3v) is 3.68. The summed E-state index contributed by atoms with van der Waals surface area (Å²) in [5.41, 5.74) is 0.102. The van der Waals surface area contributed by atoms with Crippen molar-refractivity contribution >= 4 is 17.7 Å². The summed E-state index contributed by atoms with van der Waals surface area (Å²) in [6, 6.07) is 6.67. The fourth-order valence-electron chi connectivity index (χ4n) is 2.72. The molecule has 0 bridgehead atoms. The molecule has 1 aliphatic heterocycles. The molecular formula is C18H19NO5. The Morgan fingerprint density at radius 1 is 1.25 bits per heavy atom. The van der Waals surface area contributed by atoms with Crippen molar-refractivity contribution in [3.05, 3.63) is 48.1 Å². The largest absolute Gasteiger partial charge is 0.482 e. The molecule has 0 spiro atoms. The van der Waals surface area contributed by atoms with Gasteiger partial charge in [-0.1, -0.05) is 18.2 Å². The molecule has 126 valence electrons. The number of para-hydroxylation sites is 2. The number of rotatable bonds is 1. The molecule has 1 amide bonds. The molecule has 0 radical (unpaired) electrons. The molecule has 6 nitrogen and oxygen atoms in total. The number of amides is 1. The predicted octanol–water partition coefficient (Wildman–Crippen LogP) is 3.14. The Morgan fingerprint density at radius 3 is 2.62 bits per heavy atom. The van der Waals surface area contributed by atoms with Gasteiger partial charge in [-0.05, 0) is 45.1 Å². The Balaban J connectivity index is 2.01. The maximum absolute atomic E-state index is 12.7. The van der Waals surface area contributed by atoms with Gasteiger partial charge < -0.3 is 14.6 Å². The molecule has 1 heterocycles. The minimum atomic E-state index is -1.03. The number of fused-ring (bicyclic) bond motifs is 2. The van der Waals surface area contributed by atoms with Gasteiger partial charge >= 0.3 is 12.1 Å². The van der Waals surface area contributed by atoms with Crippen LogP contribution in [-0.2, 0) is 9.53 Å². The summed E-state index contributed by atoms with van der Waals surface area (Å²) < 4.78 is 11.4. The number of carbonyl (C=O) groups is 2. The van der Waals surface area contributed by atoms with Gasteiger partial charge in [0.2, 0.25) is 0 Å². The fourth-order valence-corrected chi connectivity index (χ4v) is 2.72. The number of benzene rings is 1. The third-order valence-electron chi connectivity index (χ3n) is 3.68. The Morgan fingerprint density at radius 2 is 1.96 bits per heavy atom. The van der Waals surface area contributed by atoms with Crippen LogP contribution >= 0.6 is 0 Å². The molecular weight excluding hydrogens is 310 g/mol. The summed E-state index contributed by atoms with van der Waals surface area (Å²) in [5.74, 6) is -0.517. The molecule has 24 heavy (non-hydrogen) atoms. The standard InChI is InChI=1S/C18H19NO5/c1-18(2,3)24-17(22)19-12-6-4-5-7-14(12)23-15-10-11(16(20)21)8-9-13(15)19/h4-10,13,15H,1-3H3,(H,20,21). The Bertz CT molecular complexity index is 744. The topological polar surface area (TPSA) is 76.1 Å². The first-order valence-corrected chi connectivity index (χ1v) is 7.67. The second-order valence-corrected chi connectivity index (χ2v) is 6.68. The molecule has 2 aliphatic rings. The lowest BCUT2D eigenvalue weighted by Gasteiger charge is -2.41. The molecule has 1 N–H and O–H groups in total. The average Bonchev–Trinajstić information content (AvgIpc) is 2.50. The van der Waals surface area contributed by atoms with E-state index in [2.05, 4.69) is 0 Å². The highest BCUT2D eigenvalue weighted by molar-refractivity contribution is 5.94. The van der Waals surface area contributed by atoms with Gasteiger partial charge in [-0.3, -0.25) is 4.90 Å². The van der Waals surface area contributed by atoms with Crippen molar-refractivity contribution in [1.82, 2.24) is 0 Å². The Labute approximate surface area is 140 Å². The van der Waals surface area contributed by atoms with Crippen molar-refractivity contribution in [2.75, 3.05) is 4.90 Å². The first-order valence-electron chi connectivity index (χ1n) is 7.67. The van der Waals surface area contributed by atoms with Crippen LogP contribution < -0.4 is 9.64 Å². The Kier molecular flexibility index (Phi) is 3.83. The quantitative estimate of drug-likeness (QED) is 0.856. The first-order chi connectivity index (χ1) is 11.3. The van der Waals surface area contributed by atoms with E-state index >= 15 is 0 Å². The lowest BCUT2D eigenvalue weighted by atomic mass is 9.96. The van der Waals surface area contributed by atoms with Crippen LogP contribution in [0.4, 0.5) is 10.5 Å². The van der Waals surface area contributed by atoms with Crippen molar-refractivity contribution in [1.29, 1.82) is 0 Å². The maximum Gasteiger partial charge on any atom is 0.415 e. The molecule has 3 rings (SSSR count). The molecule has 0 aromatic heterocycles. The molecule has 0 saturated heterocycles. The van der Waals surface area contributed by atoms with Gasteiger partial charge in [0.05, 0.1) is 17.3 Å². The van der Waals surface area contributed by atoms with Crippen molar-refractivity contribution < 1.29 is 24.2 Å². The smallest absolute Gasteiger partial charge is 0.415 e. The monoisotopic (exact) mass is 329 g/mol. The summed E-state index contributed by atoms with van der Waals surface area (Å²) in [6.07, 6.45) is 3.58. The van der Waals surface area contributed by atoms with E-state index in [4.69, 9.17) is 9.47 Å². The van der Waals surface area contributed by atoms with Gasteiger partial charge in [-0.2, -0.15) is 0 Å². The van der Waals surface area contributed by atoms with Gasteiger partial charge in [-0.15, -0.1) is 0 Å². The second-order valence-electron chi connectivity index (χ2n) is 6.68. The van der Waals surface area contributed by atoms with E-state index in [-0.39, 0.29) is 5.57 Å². The molecule has 2 atom stereocenters. The number of hydrogen-bond acceptors (Lipinski definition) is 4. The second kappa shape index (κ2) is 5.70. The SMILES string of the molecule is CC(C)(C)OC(=O)N1c2ccccc2OC2C=C(C(=O)O)C=CC21. The summed E-state index contributed by atoms with van der Waals surface area (Å²) in [4.78, 5) is 25.4. The highest BCUT2D eigenvalue weighted by atomic mass is 16.6. The van der Waals surface area contributed by atoms with Crippen LogP contribution in [0.15, 0.2) is 48.1 Å². The lowest BCUT2D eigenvalue weighted by Crippen LogP contribution is -2.53. The van der Waals surface area contributed by atoms with E-state index in [1.54, 1.807) is 45.0 Å². The van der Waals surface area contributed by atoms with Crippen LogP contribution in [-0.4, -0.2) is 34.9 Å². The van der Waals surface area contributed by atoms with Crippen LogP contribution in [0.1, 0.15) is 20.8 Å². The highest BCUT2D eigenvalue weighted by Crippen LogP contribution is 2.39. The number of carboxylic acids is 1. The zero-order valence-electron chi connectivity index (χ0n) is 13.7. The van der Waals surface area contributed by atoms with E-state index in [0.29, 0.717) is 11.4 Å². The molecule has 1 aromatic carbocycles. The van der Waals surface area contributed by atoms with E-state index in [0.717, 1.165) is 0 Å². The zero-order chi connectivity index (χ0) is 17.5. The molecule has 6 heteroatoms. The predicted molar refractivity (Wildman–Crippen MR) is 88.2 cm³/mol. The Hall–Kier alpha value is -2.76. The summed E-state index contributed by atoms with van der Waals surface area (Å²) in [5, 5.41) is 9.17. The summed E-state index contributed by atoms with van der Waals surface area (Å²) in [6.45, 7) is 5.40. The number of anilines is 1. The molecule has 1 aliphatic carbocycles. The molecule has 2 unspecified atom stereocenters. The number of carboxylic acid groups (broad SMARTS) is 1. The van der Waals surface area contributed by atoms with Gasteiger partial charge in [0.1, 0.15) is 17.5 Å². The fraction of sp³-hybridized carbons (Fsp3) is 0.333. The van der Waals surface area contributed by atoms with Crippen molar-refractivity contribution in [2.45, 2.75) is 38.5 Å². The van der Waals surface area contributed by atoms with Crippen molar-refractivity contribution in [2.24, 2.45) is 0 Å². The zero-order valence-corrected chi connectivity index (χ0v) is 13.7. The number of carbonyl (C=O) groups excluding carboxylic acids is 1. The molecule has 0 fully saturated rings. The van der Waals surface area contributed by atoms with Crippen LogP contribution in [0.2, 0.25) is 0 Å². The van der Waals surface area contributed by atoms with Crippen LogP contribution in [0.3, 0.4) is 0 Å². The average molecular weight is 329 g/mol. The van der Waals surface area contributed by atoms with Gasteiger partial charge in [0.15, 0.2) is 0 Å². The number of nitrogens with zero attached hydrogens (tertiary/aromatic N) is 1. The highest BCUT2D eigenvalue weighted by Gasteiger charge is 2.40. The van der Waals surface area contributed by atoms with Crippen molar-refractivity contribution in [3.8, 4) is 5.75 Å². The normalized spacial score (nSPS) is 22.0. The molecule has 0 saturated carbocycles. The van der Waals surface area contributed by atoms with E-state index in [9.17, 15) is 14.7 Å². The van der Waals surface area contributed by atoms with Crippen LogP contribution in [0.25, 0.3) is 0 Å². The summed E-state index contributed by atoms with van der Waals surface area (Å²) >= 11 is 0. The lowest BCUT2D eigenvalue weighted by molar-refractivity contribution is -0.132.